The van der Waals surface area contributed by atoms with Crippen LogP contribution >= 0.6 is 35.0 Å². The molecule has 0 unspecified atom stereocenters. The second-order valence-electron chi connectivity index (χ2n) is 7.79. The van der Waals surface area contributed by atoms with Crippen LogP contribution < -0.4 is 9.47 Å². The van der Waals surface area contributed by atoms with E-state index >= 15 is 0 Å². The Kier molecular flexibility index (Phi) is 7.68. The Hall–Kier alpha value is -3.33. The number of methoxy groups -OCH3 is 1. The molecule has 1 aliphatic heterocycles. The second-order valence-corrected chi connectivity index (χ2v) is 9.60. The van der Waals surface area contributed by atoms with E-state index in [4.69, 9.17) is 32.7 Å². The highest BCUT2D eigenvalue weighted by Gasteiger charge is 2.35. The van der Waals surface area contributed by atoms with E-state index in [1.807, 2.05) is 6.92 Å². The quantitative estimate of drug-likeness (QED) is 0.190. The number of esters is 1. The van der Waals surface area contributed by atoms with E-state index in [0.717, 1.165) is 28.3 Å². The van der Waals surface area contributed by atoms with Crippen molar-refractivity contribution < 1.29 is 28.2 Å². The van der Waals surface area contributed by atoms with Gasteiger partial charge in [0.05, 0.1) is 29.1 Å². The third-order valence-corrected chi connectivity index (χ3v) is 6.79. The van der Waals surface area contributed by atoms with Crippen molar-refractivity contribution in [3.05, 3.63) is 97.6 Å². The lowest BCUT2D eigenvalue weighted by Gasteiger charge is -2.14. The van der Waals surface area contributed by atoms with Crippen molar-refractivity contribution in [2.75, 3.05) is 7.11 Å². The fraction of sp³-hybridized carbons (Fsp3) is 0.115. The minimum atomic E-state index is -0.608. The average molecular weight is 546 g/mol. The minimum Gasteiger partial charge on any atom is -0.493 e. The van der Waals surface area contributed by atoms with Gasteiger partial charge in [-0.2, -0.15) is 0 Å². The Morgan fingerprint density at radius 1 is 1.06 bits per heavy atom. The van der Waals surface area contributed by atoms with Gasteiger partial charge in [0.15, 0.2) is 11.5 Å². The van der Waals surface area contributed by atoms with Crippen LogP contribution in [0.1, 0.15) is 27.0 Å². The van der Waals surface area contributed by atoms with Crippen molar-refractivity contribution >= 4 is 58.2 Å². The number of imide groups is 1. The Morgan fingerprint density at radius 3 is 2.44 bits per heavy atom. The fourth-order valence-electron chi connectivity index (χ4n) is 3.37. The van der Waals surface area contributed by atoms with E-state index in [-0.39, 0.29) is 33.0 Å². The third-order valence-electron chi connectivity index (χ3n) is 5.25. The Balaban J connectivity index is 1.56. The van der Waals surface area contributed by atoms with Crippen LogP contribution in [0.2, 0.25) is 10.0 Å². The number of carbonyl (C=O) groups is 3. The third kappa shape index (κ3) is 5.56. The number of hydrogen-bond acceptors (Lipinski definition) is 6. The summed E-state index contributed by atoms with van der Waals surface area (Å²) in [6.45, 7) is 1.81. The summed E-state index contributed by atoms with van der Waals surface area (Å²) in [6, 6.07) is 13.6. The van der Waals surface area contributed by atoms with E-state index in [1.165, 1.54) is 37.5 Å². The molecule has 4 rings (SSSR count). The fourth-order valence-corrected chi connectivity index (χ4v) is 4.69. The molecule has 2 amide bonds. The molecule has 6 nitrogen and oxygen atoms in total. The van der Waals surface area contributed by atoms with Crippen molar-refractivity contribution in [3.63, 3.8) is 0 Å². The number of ether oxygens (including phenoxy) is 2. The molecule has 1 aliphatic rings. The van der Waals surface area contributed by atoms with Gasteiger partial charge in [0.1, 0.15) is 5.82 Å². The first-order valence-corrected chi connectivity index (χ1v) is 12.1. The molecule has 0 N–H and O–H groups in total. The number of hydrogen-bond donors (Lipinski definition) is 0. The summed E-state index contributed by atoms with van der Waals surface area (Å²) in [7, 11) is 1.39. The lowest BCUT2D eigenvalue weighted by molar-refractivity contribution is -0.123. The van der Waals surface area contributed by atoms with Gasteiger partial charge in [-0.05, 0) is 72.3 Å². The maximum absolute atomic E-state index is 13.3. The molecule has 10 heteroatoms. The van der Waals surface area contributed by atoms with Crippen molar-refractivity contribution in [3.8, 4) is 11.5 Å². The van der Waals surface area contributed by atoms with Crippen molar-refractivity contribution in [1.82, 2.24) is 4.90 Å². The van der Waals surface area contributed by atoms with Crippen molar-refractivity contribution in [2.24, 2.45) is 0 Å². The molecule has 3 aromatic rings. The van der Waals surface area contributed by atoms with Crippen LogP contribution in [0.5, 0.6) is 11.5 Å². The molecule has 36 heavy (non-hydrogen) atoms. The largest absolute Gasteiger partial charge is 0.493 e. The van der Waals surface area contributed by atoms with E-state index in [9.17, 15) is 18.8 Å². The number of nitrogens with zero attached hydrogens (tertiary/aromatic N) is 1. The molecule has 0 aromatic heterocycles. The van der Waals surface area contributed by atoms with Crippen LogP contribution in [-0.2, 0) is 11.3 Å². The zero-order chi connectivity index (χ0) is 26.0. The van der Waals surface area contributed by atoms with Gasteiger partial charge in [0.25, 0.3) is 11.1 Å². The van der Waals surface area contributed by atoms with Gasteiger partial charge in [-0.1, -0.05) is 47.0 Å². The topological polar surface area (TPSA) is 72.9 Å². The predicted octanol–water partition coefficient (Wildman–Crippen LogP) is 6.91. The van der Waals surface area contributed by atoms with Crippen LogP contribution in [0.3, 0.4) is 0 Å². The highest BCUT2D eigenvalue weighted by Crippen LogP contribution is 2.40. The van der Waals surface area contributed by atoms with Crippen LogP contribution in [0.4, 0.5) is 9.18 Å². The molecule has 0 bridgehead atoms. The van der Waals surface area contributed by atoms with E-state index in [1.54, 1.807) is 24.3 Å². The first kappa shape index (κ1) is 25.8. The summed E-state index contributed by atoms with van der Waals surface area (Å²) in [5.74, 6) is -1.46. The monoisotopic (exact) mass is 545 g/mol. The summed E-state index contributed by atoms with van der Waals surface area (Å²) in [4.78, 5) is 39.1. The lowest BCUT2D eigenvalue weighted by Crippen LogP contribution is -2.27. The van der Waals surface area contributed by atoms with Gasteiger partial charge in [-0.15, -0.1) is 0 Å². The number of thioether (sulfide) groups is 1. The summed E-state index contributed by atoms with van der Waals surface area (Å²) in [6.07, 6.45) is 1.48. The standard InChI is InChI=1S/C26H18Cl2FNO5S/c1-14-3-5-16(6-4-14)25(32)35-23-20(28)9-15(10-21(23)34-2)11-22-24(31)30(26(33)36-22)13-17-7-8-18(29)12-19(17)27/h3-12H,13H2,1-2H3/b22-11-. The van der Waals surface area contributed by atoms with E-state index < -0.39 is 22.9 Å². The van der Waals surface area contributed by atoms with Crippen molar-refractivity contribution in [1.29, 1.82) is 0 Å². The Labute approximate surface area is 220 Å². The predicted molar refractivity (Wildman–Crippen MR) is 137 cm³/mol. The molecular formula is C26H18Cl2FNO5S. The number of amides is 2. The second kappa shape index (κ2) is 10.7. The van der Waals surface area contributed by atoms with Crippen LogP contribution in [0.25, 0.3) is 6.08 Å². The zero-order valence-electron chi connectivity index (χ0n) is 19.0. The minimum absolute atomic E-state index is 0.0287. The Morgan fingerprint density at radius 2 is 1.78 bits per heavy atom. The normalized spacial score (nSPS) is 14.5. The molecule has 0 radical (unpaired) electrons. The average Bonchev–Trinajstić information content (AvgIpc) is 3.09. The first-order chi connectivity index (χ1) is 17.2. The summed E-state index contributed by atoms with van der Waals surface area (Å²) in [5.41, 5.74) is 2.23. The smallest absolute Gasteiger partial charge is 0.343 e. The molecule has 0 atom stereocenters. The highest BCUT2D eigenvalue weighted by molar-refractivity contribution is 8.18. The van der Waals surface area contributed by atoms with Gasteiger partial charge >= 0.3 is 5.97 Å². The van der Waals surface area contributed by atoms with Gasteiger partial charge < -0.3 is 9.47 Å². The van der Waals surface area contributed by atoms with Gasteiger partial charge in [0.2, 0.25) is 0 Å². The molecule has 0 saturated carbocycles. The van der Waals surface area contributed by atoms with Gasteiger partial charge in [-0.3, -0.25) is 14.5 Å². The summed E-state index contributed by atoms with van der Waals surface area (Å²) in [5, 5.41) is -0.294. The lowest BCUT2D eigenvalue weighted by atomic mass is 10.1. The highest BCUT2D eigenvalue weighted by atomic mass is 35.5. The van der Waals surface area contributed by atoms with Gasteiger partial charge in [0, 0.05) is 5.02 Å². The maximum Gasteiger partial charge on any atom is 0.343 e. The summed E-state index contributed by atoms with van der Waals surface area (Å²) < 4.78 is 24.1. The molecule has 1 saturated heterocycles. The van der Waals surface area contributed by atoms with Crippen LogP contribution in [0.15, 0.2) is 59.5 Å². The van der Waals surface area contributed by atoms with Crippen molar-refractivity contribution in [2.45, 2.75) is 13.5 Å². The molecule has 1 fully saturated rings. The van der Waals surface area contributed by atoms with Gasteiger partial charge in [-0.25, -0.2) is 9.18 Å². The maximum atomic E-state index is 13.3. The molecular weight excluding hydrogens is 528 g/mol. The SMILES string of the molecule is COc1cc(/C=C2\SC(=O)N(Cc3ccc(F)cc3Cl)C2=O)cc(Cl)c1OC(=O)c1ccc(C)cc1. The molecule has 3 aromatic carbocycles. The molecule has 184 valence electrons. The number of carbonyl (C=O) groups excluding carboxylic acids is 3. The first-order valence-electron chi connectivity index (χ1n) is 10.5. The van der Waals surface area contributed by atoms with E-state index in [2.05, 4.69) is 0 Å². The molecule has 0 aliphatic carbocycles. The number of halogens is 3. The number of rotatable bonds is 6. The van der Waals surface area contributed by atoms with Crippen LogP contribution in [0, 0.1) is 12.7 Å². The number of aryl methyl sites for hydroxylation is 1. The van der Waals surface area contributed by atoms with E-state index in [0.29, 0.717) is 16.7 Å². The molecule has 1 heterocycles. The van der Waals surface area contributed by atoms with Crippen LogP contribution in [-0.4, -0.2) is 29.1 Å². The molecule has 0 spiro atoms. The summed E-state index contributed by atoms with van der Waals surface area (Å²) >= 11 is 13.2. The number of benzene rings is 3. The zero-order valence-corrected chi connectivity index (χ0v) is 21.3. The Bertz CT molecular complexity index is 1410.